The number of hydrogen-bond donors (Lipinski definition) is 2. The largest absolute Gasteiger partial charge is 0.371 e. The Balaban J connectivity index is 2.12. The third kappa shape index (κ3) is 3.19. The number of carbonyl (C=O) groups is 1. The third-order valence-electron chi connectivity index (χ3n) is 3.86. The molecule has 1 saturated heterocycles. The van der Waals surface area contributed by atoms with E-state index in [4.69, 9.17) is 17.3 Å². The number of hydrogen-bond acceptors (Lipinski definition) is 3. The van der Waals surface area contributed by atoms with Gasteiger partial charge in [0.1, 0.15) is 5.54 Å². The molecule has 1 aliphatic heterocycles. The third-order valence-corrected chi connectivity index (χ3v) is 4.11. The Hall–Kier alpha value is -1.26. The second kappa shape index (κ2) is 5.80. The van der Waals surface area contributed by atoms with Gasteiger partial charge in [-0.2, -0.15) is 0 Å². The number of piperidine rings is 1. The fourth-order valence-electron chi connectivity index (χ4n) is 2.49. The summed E-state index contributed by atoms with van der Waals surface area (Å²) in [5, 5.41) is 3.99. The van der Waals surface area contributed by atoms with Gasteiger partial charge in [-0.05, 0) is 43.7 Å². The topological polar surface area (TPSA) is 58.4 Å². The van der Waals surface area contributed by atoms with E-state index in [0.29, 0.717) is 5.02 Å². The van der Waals surface area contributed by atoms with E-state index >= 15 is 0 Å². The van der Waals surface area contributed by atoms with Crippen LogP contribution in [0.4, 0.5) is 5.69 Å². The number of nitrogens with zero attached hydrogens (tertiary/aromatic N) is 1. The summed E-state index contributed by atoms with van der Waals surface area (Å²) in [6, 6.07) is 7.36. The smallest absolute Gasteiger partial charge is 0.243 e. The molecule has 0 aliphatic carbocycles. The number of primary amides is 1. The molecule has 0 spiro atoms. The van der Waals surface area contributed by atoms with Gasteiger partial charge in [0.05, 0.1) is 0 Å². The first-order chi connectivity index (χ1) is 9.05. The molecule has 3 N–H and O–H groups in total. The van der Waals surface area contributed by atoms with Crippen molar-refractivity contribution in [2.45, 2.75) is 25.3 Å². The lowest BCUT2D eigenvalue weighted by atomic mass is 9.86. The van der Waals surface area contributed by atoms with E-state index < -0.39 is 5.54 Å². The van der Waals surface area contributed by atoms with E-state index in [-0.39, 0.29) is 5.91 Å². The molecule has 4 nitrogen and oxygen atoms in total. The second-order valence-corrected chi connectivity index (χ2v) is 5.45. The Kier molecular flexibility index (Phi) is 4.32. The zero-order chi connectivity index (χ0) is 13.9. The molecule has 1 aromatic carbocycles. The van der Waals surface area contributed by atoms with Crippen LogP contribution < -0.4 is 11.1 Å². The second-order valence-electron chi connectivity index (χ2n) is 5.01. The van der Waals surface area contributed by atoms with Crippen LogP contribution in [0.1, 0.15) is 19.8 Å². The van der Waals surface area contributed by atoms with E-state index in [1.807, 2.05) is 12.1 Å². The molecule has 0 atom stereocenters. The summed E-state index contributed by atoms with van der Waals surface area (Å²) < 4.78 is 0. The maximum atomic E-state index is 11.9. The minimum Gasteiger partial charge on any atom is -0.371 e. The summed E-state index contributed by atoms with van der Waals surface area (Å²) in [4.78, 5) is 14.2. The molecular weight excluding hydrogens is 262 g/mol. The average molecular weight is 282 g/mol. The van der Waals surface area contributed by atoms with Crippen molar-refractivity contribution in [2.24, 2.45) is 5.73 Å². The van der Waals surface area contributed by atoms with Gasteiger partial charge in [-0.1, -0.05) is 18.5 Å². The van der Waals surface area contributed by atoms with Crippen molar-refractivity contribution in [3.8, 4) is 0 Å². The number of benzene rings is 1. The SMILES string of the molecule is CCN1CCC(Nc2ccc(Cl)cc2)(C(N)=O)CC1. The fourth-order valence-corrected chi connectivity index (χ4v) is 2.62. The molecule has 1 fully saturated rings. The van der Waals surface area contributed by atoms with Gasteiger partial charge in [-0.15, -0.1) is 0 Å². The highest BCUT2D eigenvalue weighted by molar-refractivity contribution is 6.30. The predicted molar refractivity (Wildman–Crippen MR) is 78.3 cm³/mol. The number of halogens is 1. The van der Waals surface area contributed by atoms with Crippen LogP contribution in [0.25, 0.3) is 0 Å². The first-order valence-corrected chi connectivity index (χ1v) is 6.99. The standard InChI is InChI=1S/C14H20ClN3O/c1-2-18-9-7-14(8-10-18,13(16)19)17-12-5-3-11(15)4-6-12/h3-6,17H,2,7-10H2,1H3,(H2,16,19). The van der Waals surface area contributed by atoms with Crippen molar-refractivity contribution in [3.63, 3.8) is 0 Å². The molecular formula is C14H20ClN3O. The van der Waals surface area contributed by atoms with Crippen LogP contribution >= 0.6 is 11.6 Å². The van der Waals surface area contributed by atoms with Crippen LogP contribution in [0.2, 0.25) is 5.02 Å². The normalized spacial score (nSPS) is 19.1. The minimum atomic E-state index is -0.639. The first kappa shape index (κ1) is 14.2. The summed E-state index contributed by atoms with van der Waals surface area (Å²) in [6.07, 6.45) is 1.47. The number of likely N-dealkylation sites (tertiary alicyclic amines) is 1. The van der Waals surface area contributed by atoms with Crippen molar-refractivity contribution in [1.82, 2.24) is 4.90 Å². The Morgan fingerprint density at radius 2 is 1.95 bits per heavy atom. The zero-order valence-electron chi connectivity index (χ0n) is 11.2. The lowest BCUT2D eigenvalue weighted by molar-refractivity contribution is -0.123. The van der Waals surface area contributed by atoms with Crippen LogP contribution in [0.5, 0.6) is 0 Å². The van der Waals surface area contributed by atoms with Crippen molar-refractivity contribution < 1.29 is 4.79 Å². The maximum absolute atomic E-state index is 11.9. The fraction of sp³-hybridized carbons (Fsp3) is 0.500. The van der Waals surface area contributed by atoms with Gasteiger partial charge >= 0.3 is 0 Å². The highest BCUT2D eigenvalue weighted by atomic mass is 35.5. The van der Waals surface area contributed by atoms with E-state index in [2.05, 4.69) is 17.1 Å². The quantitative estimate of drug-likeness (QED) is 0.888. The summed E-state index contributed by atoms with van der Waals surface area (Å²) in [6.45, 7) is 4.92. The molecule has 0 saturated carbocycles. The molecule has 1 aliphatic rings. The maximum Gasteiger partial charge on any atom is 0.243 e. The molecule has 0 aromatic heterocycles. The van der Waals surface area contributed by atoms with Gasteiger partial charge in [-0.3, -0.25) is 4.79 Å². The van der Waals surface area contributed by atoms with Crippen LogP contribution in [-0.4, -0.2) is 36.0 Å². The van der Waals surface area contributed by atoms with E-state index in [9.17, 15) is 4.79 Å². The average Bonchev–Trinajstić information content (AvgIpc) is 2.42. The van der Waals surface area contributed by atoms with Crippen molar-refractivity contribution in [3.05, 3.63) is 29.3 Å². The van der Waals surface area contributed by atoms with E-state index in [1.54, 1.807) is 12.1 Å². The lowest BCUT2D eigenvalue weighted by Crippen LogP contribution is -2.57. The Morgan fingerprint density at radius 1 is 1.37 bits per heavy atom. The molecule has 2 rings (SSSR count). The highest BCUT2D eigenvalue weighted by Crippen LogP contribution is 2.27. The van der Waals surface area contributed by atoms with Gasteiger partial charge in [0.25, 0.3) is 0 Å². The molecule has 0 bridgehead atoms. The molecule has 5 heteroatoms. The molecule has 0 unspecified atom stereocenters. The van der Waals surface area contributed by atoms with Gasteiger partial charge < -0.3 is 16.0 Å². The Labute approximate surface area is 118 Å². The molecule has 1 amide bonds. The molecule has 104 valence electrons. The summed E-state index contributed by atoms with van der Waals surface area (Å²) in [7, 11) is 0. The number of anilines is 1. The number of amides is 1. The minimum absolute atomic E-state index is 0.279. The number of rotatable bonds is 4. The Morgan fingerprint density at radius 3 is 2.42 bits per heavy atom. The van der Waals surface area contributed by atoms with Crippen molar-refractivity contribution in [1.29, 1.82) is 0 Å². The van der Waals surface area contributed by atoms with E-state index in [1.165, 1.54) is 0 Å². The summed E-state index contributed by atoms with van der Waals surface area (Å²) >= 11 is 5.86. The first-order valence-electron chi connectivity index (χ1n) is 6.62. The van der Waals surface area contributed by atoms with Crippen LogP contribution in [0.15, 0.2) is 24.3 Å². The predicted octanol–water partition coefficient (Wildman–Crippen LogP) is 2.09. The number of nitrogens with two attached hydrogens (primary N) is 1. The number of nitrogens with one attached hydrogen (secondary N) is 1. The molecule has 19 heavy (non-hydrogen) atoms. The zero-order valence-corrected chi connectivity index (χ0v) is 11.9. The molecule has 0 radical (unpaired) electrons. The lowest BCUT2D eigenvalue weighted by Gasteiger charge is -2.40. The Bertz CT molecular complexity index is 439. The van der Waals surface area contributed by atoms with Crippen LogP contribution in [-0.2, 0) is 4.79 Å². The molecule has 1 heterocycles. The van der Waals surface area contributed by atoms with Crippen molar-refractivity contribution in [2.75, 3.05) is 25.0 Å². The van der Waals surface area contributed by atoms with Crippen molar-refractivity contribution >= 4 is 23.2 Å². The highest BCUT2D eigenvalue weighted by Gasteiger charge is 2.39. The van der Waals surface area contributed by atoms with Crippen LogP contribution in [0.3, 0.4) is 0 Å². The van der Waals surface area contributed by atoms with Gasteiger partial charge in [0, 0.05) is 23.8 Å². The van der Waals surface area contributed by atoms with Gasteiger partial charge in [-0.25, -0.2) is 0 Å². The summed E-state index contributed by atoms with van der Waals surface area (Å²) in [5.41, 5.74) is 5.86. The number of carbonyl (C=O) groups excluding carboxylic acids is 1. The van der Waals surface area contributed by atoms with E-state index in [0.717, 1.165) is 38.2 Å². The van der Waals surface area contributed by atoms with Gasteiger partial charge in [0.2, 0.25) is 5.91 Å². The van der Waals surface area contributed by atoms with Crippen LogP contribution in [0, 0.1) is 0 Å². The van der Waals surface area contributed by atoms with Gasteiger partial charge in [0.15, 0.2) is 0 Å². The summed E-state index contributed by atoms with van der Waals surface area (Å²) in [5.74, 6) is -0.279. The monoisotopic (exact) mass is 281 g/mol. The molecule has 1 aromatic rings.